The van der Waals surface area contributed by atoms with Gasteiger partial charge in [0.2, 0.25) is 11.7 Å². The van der Waals surface area contributed by atoms with Crippen LogP contribution in [0.2, 0.25) is 5.02 Å². The van der Waals surface area contributed by atoms with E-state index in [0.717, 1.165) is 17.7 Å². The molecule has 126 valence electrons. The number of nitrogens with zero attached hydrogens (tertiary/aromatic N) is 3. The fraction of sp³-hybridized carbons (Fsp3) is 0.0625. The summed E-state index contributed by atoms with van der Waals surface area (Å²) in [5.41, 5.74) is 1.57. The molecule has 2 heterocycles. The number of fused-ring (bicyclic) bond motifs is 1. The summed E-state index contributed by atoms with van der Waals surface area (Å²) >= 11 is 7.14. The number of aromatic nitrogens is 4. The maximum absolute atomic E-state index is 13.2. The molecule has 2 aromatic carbocycles. The highest BCUT2D eigenvalue weighted by atomic mass is 35.5. The topological polar surface area (TPSA) is 67.6 Å². The lowest BCUT2D eigenvalue weighted by Crippen LogP contribution is -1.83. The summed E-state index contributed by atoms with van der Waals surface area (Å²) in [4.78, 5) is 11.4. The zero-order chi connectivity index (χ0) is 17.4. The molecule has 2 aromatic heterocycles. The van der Waals surface area contributed by atoms with Gasteiger partial charge in [0.25, 0.3) is 0 Å². The first-order valence-electron chi connectivity index (χ1n) is 7.14. The van der Waals surface area contributed by atoms with Crippen molar-refractivity contribution in [2.24, 2.45) is 0 Å². The molecule has 0 radical (unpaired) electrons. The van der Waals surface area contributed by atoms with Gasteiger partial charge in [-0.15, -0.1) is 0 Å². The first kappa shape index (κ1) is 16.0. The number of halogens is 3. The van der Waals surface area contributed by atoms with Crippen molar-refractivity contribution >= 4 is 34.4 Å². The Balaban J connectivity index is 1.49. The van der Waals surface area contributed by atoms with Crippen LogP contribution in [0.15, 0.2) is 46.1 Å². The third kappa shape index (κ3) is 3.35. The van der Waals surface area contributed by atoms with Crippen molar-refractivity contribution in [3.63, 3.8) is 0 Å². The summed E-state index contributed by atoms with van der Waals surface area (Å²) in [5, 5.41) is 5.05. The number of benzene rings is 2. The van der Waals surface area contributed by atoms with Gasteiger partial charge in [0.1, 0.15) is 0 Å². The van der Waals surface area contributed by atoms with Crippen molar-refractivity contribution in [1.29, 1.82) is 0 Å². The molecule has 0 bridgehead atoms. The first-order valence-corrected chi connectivity index (χ1v) is 8.51. The van der Waals surface area contributed by atoms with Gasteiger partial charge in [-0.2, -0.15) is 4.98 Å². The second kappa shape index (κ2) is 6.45. The largest absolute Gasteiger partial charge is 0.338 e. The van der Waals surface area contributed by atoms with Gasteiger partial charge in [0.15, 0.2) is 16.8 Å². The van der Waals surface area contributed by atoms with Gasteiger partial charge < -0.3 is 9.51 Å². The Kier molecular flexibility index (Phi) is 4.14. The molecule has 25 heavy (non-hydrogen) atoms. The van der Waals surface area contributed by atoms with E-state index in [0.29, 0.717) is 38.7 Å². The smallest absolute Gasteiger partial charge is 0.237 e. The summed E-state index contributed by atoms with van der Waals surface area (Å²) in [6.45, 7) is 0. The Morgan fingerprint density at radius 1 is 1.08 bits per heavy atom. The number of hydrogen-bond donors (Lipinski definition) is 1. The molecular formula is C16H9ClF2N4OS. The van der Waals surface area contributed by atoms with Crippen LogP contribution >= 0.6 is 23.4 Å². The zero-order valence-corrected chi connectivity index (χ0v) is 14.0. The first-order chi connectivity index (χ1) is 12.1. The lowest BCUT2D eigenvalue weighted by atomic mass is 10.2. The van der Waals surface area contributed by atoms with E-state index in [1.165, 1.54) is 11.8 Å². The quantitative estimate of drug-likeness (QED) is 0.515. The van der Waals surface area contributed by atoms with E-state index in [1.54, 1.807) is 24.3 Å². The van der Waals surface area contributed by atoms with Crippen LogP contribution in [0.5, 0.6) is 0 Å². The minimum Gasteiger partial charge on any atom is -0.338 e. The van der Waals surface area contributed by atoms with Crippen LogP contribution in [0, 0.1) is 11.6 Å². The minimum absolute atomic E-state index is 0.355. The summed E-state index contributed by atoms with van der Waals surface area (Å²) in [7, 11) is 0. The monoisotopic (exact) mass is 378 g/mol. The molecule has 0 aliphatic carbocycles. The summed E-state index contributed by atoms with van der Waals surface area (Å²) < 4.78 is 31.7. The Morgan fingerprint density at radius 3 is 2.64 bits per heavy atom. The minimum atomic E-state index is -0.931. The molecule has 0 fully saturated rings. The molecule has 0 saturated heterocycles. The molecule has 0 spiro atoms. The van der Waals surface area contributed by atoms with Crippen molar-refractivity contribution in [3.8, 4) is 11.4 Å². The lowest BCUT2D eigenvalue weighted by molar-refractivity contribution is 0.391. The third-order valence-corrected chi connectivity index (χ3v) is 4.52. The van der Waals surface area contributed by atoms with Crippen LogP contribution in [0.4, 0.5) is 8.78 Å². The molecule has 9 heteroatoms. The second-order valence-electron chi connectivity index (χ2n) is 5.13. The highest BCUT2D eigenvalue weighted by molar-refractivity contribution is 7.98. The molecule has 4 aromatic rings. The Bertz CT molecular complexity index is 1010. The number of nitrogens with one attached hydrogen (secondary N) is 1. The number of rotatable bonds is 4. The SMILES string of the molecule is Fc1cc2nc(SCc3nc(-c4ccc(Cl)cc4)no3)[nH]c2cc1F. The van der Waals surface area contributed by atoms with Gasteiger partial charge in [0, 0.05) is 22.7 Å². The maximum atomic E-state index is 13.2. The second-order valence-corrected chi connectivity index (χ2v) is 6.53. The van der Waals surface area contributed by atoms with E-state index in [1.807, 2.05) is 0 Å². The number of hydrogen-bond acceptors (Lipinski definition) is 5. The van der Waals surface area contributed by atoms with Crippen LogP contribution in [-0.4, -0.2) is 20.1 Å². The zero-order valence-electron chi connectivity index (χ0n) is 12.5. The molecule has 5 nitrogen and oxygen atoms in total. The molecule has 0 unspecified atom stereocenters. The molecule has 0 amide bonds. The molecule has 4 rings (SSSR count). The van der Waals surface area contributed by atoms with E-state index >= 15 is 0 Å². The maximum Gasteiger partial charge on any atom is 0.237 e. The highest BCUT2D eigenvalue weighted by Gasteiger charge is 2.12. The van der Waals surface area contributed by atoms with Crippen LogP contribution in [-0.2, 0) is 5.75 Å². The van der Waals surface area contributed by atoms with Gasteiger partial charge >= 0.3 is 0 Å². The summed E-state index contributed by atoms with van der Waals surface area (Å²) in [6.07, 6.45) is 0. The summed E-state index contributed by atoms with van der Waals surface area (Å²) in [5.74, 6) is -0.614. The normalized spacial score (nSPS) is 11.3. The number of aromatic amines is 1. The number of H-pyrrole nitrogens is 1. The molecular weight excluding hydrogens is 370 g/mol. The predicted molar refractivity (Wildman–Crippen MR) is 90.3 cm³/mol. The Morgan fingerprint density at radius 2 is 1.84 bits per heavy atom. The highest BCUT2D eigenvalue weighted by Crippen LogP contribution is 2.25. The average Bonchev–Trinajstić information content (AvgIpc) is 3.21. The standard InChI is InChI=1S/C16H9ClF2N4OS/c17-9-3-1-8(2-4-9)15-22-14(24-23-15)7-25-16-20-12-5-10(18)11(19)6-13(12)21-16/h1-6H,7H2,(H,20,21). The van der Waals surface area contributed by atoms with Gasteiger partial charge in [0.05, 0.1) is 16.8 Å². The van der Waals surface area contributed by atoms with Crippen LogP contribution in [0.1, 0.15) is 5.89 Å². The van der Waals surface area contributed by atoms with Gasteiger partial charge in [-0.05, 0) is 24.3 Å². The van der Waals surface area contributed by atoms with Crippen LogP contribution < -0.4 is 0 Å². The lowest BCUT2D eigenvalue weighted by Gasteiger charge is -1.93. The molecule has 0 aliphatic rings. The van der Waals surface area contributed by atoms with Crippen molar-refractivity contribution in [3.05, 3.63) is 58.9 Å². The molecule has 1 N–H and O–H groups in total. The fourth-order valence-corrected chi connectivity index (χ4v) is 3.06. The molecule has 0 aliphatic heterocycles. The molecule has 0 saturated carbocycles. The van der Waals surface area contributed by atoms with Crippen molar-refractivity contribution in [2.45, 2.75) is 10.9 Å². The van der Waals surface area contributed by atoms with Gasteiger partial charge in [-0.1, -0.05) is 28.5 Å². The Hall–Kier alpha value is -2.45. The van der Waals surface area contributed by atoms with Crippen LogP contribution in [0.25, 0.3) is 22.4 Å². The summed E-state index contributed by atoms with van der Waals surface area (Å²) in [6, 6.07) is 9.21. The van der Waals surface area contributed by atoms with Crippen LogP contribution in [0.3, 0.4) is 0 Å². The van der Waals surface area contributed by atoms with Crippen molar-refractivity contribution in [1.82, 2.24) is 20.1 Å². The van der Waals surface area contributed by atoms with E-state index < -0.39 is 11.6 Å². The number of thioether (sulfide) groups is 1. The van der Waals surface area contributed by atoms with Crippen molar-refractivity contribution in [2.75, 3.05) is 0 Å². The fourth-order valence-electron chi connectivity index (χ4n) is 2.21. The van der Waals surface area contributed by atoms with Crippen molar-refractivity contribution < 1.29 is 13.3 Å². The van der Waals surface area contributed by atoms with Gasteiger partial charge in [-0.25, -0.2) is 13.8 Å². The van der Waals surface area contributed by atoms with E-state index in [9.17, 15) is 8.78 Å². The number of imidazole rings is 1. The van der Waals surface area contributed by atoms with E-state index in [-0.39, 0.29) is 0 Å². The predicted octanol–water partition coefficient (Wildman–Crippen LogP) is 4.84. The third-order valence-electron chi connectivity index (χ3n) is 3.41. The Labute approximate surface area is 149 Å². The van der Waals surface area contributed by atoms with E-state index in [4.69, 9.17) is 16.1 Å². The van der Waals surface area contributed by atoms with E-state index in [2.05, 4.69) is 20.1 Å². The molecule has 0 atom stereocenters. The average molecular weight is 379 g/mol. The van der Waals surface area contributed by atoms with Gasteiger partial charge in [-0.3, -0.25) is 0 Å².